The van der Waals surface area contributed by atoms with Crippen molar-refractivity contribution in [3.8, 4) is 11.6 Å². The van der Waals surface area contributed by atoms with Crippen LogP contribution in [-0.4, -0.2) is 25.9 Å². The number of hydrogen-bond acceptors (Lipinski definition) is 5. The molecule has 1 unspecified atom stereocenters. The molecule has 0 saturated carbocycles. The molecule has 1 amide bonds. The molecule has 25 heavy (non-hydrogen) atoms. The molecule has 0 aliphatic rings. The highest BCUT2D eigenvalue weighted by Gasteiger charge is 2.21. The number of aryl methyl sites for hydroxylation is 1. The van der Waals surface area contributed by atoms with E-state index in [0.717, 1.165) is 11.3 Å². The van der Waals surface area contributed by atoms with E-state index < -0.39 is 0 Å². The number of nitrogens with one attached hydrogen (secondary N) is 1. The van der Waals surface area contributed by atoms with Crippen LogP contribution in [0.5, 0.6) is 0 Å². The van der Waals surface area contributed by atoms with Gasteiger partial charge in [0.2, 0.25) is 5.91 Å². The molecule has 0 spiro atoms. The molecule has 1 atom stereocenters. The molecule has 3 aromatic rings. The van der Waals surface area contributed by atoms with Crippen molar-refractivity contribution in [1.29, 1.82) is 0 Å². The lowest BCUT2D eigenvalue weighted by molar-refractivity contribution is -0.115. The molecule has 0 aliphatic carbocycles. The highest BCUT2D eigenvalue weighted by Crippen LogP contribution is 2.27. The van der Waals surface area contributed by atoms with Crippen molar-refractivity contribution < 1.29 is 9.21 Å². The number of rotatable bonds is 6. The second-order valence-corrected chi connectivity index (χ2v) is 6.95. The molecule has 0 radical (unpaired) electrons. The van der Waals surface area contributed by atoms with Crippen LogP contribution in [0.1, 0.15) is 19.4 Å². The molecule has 3 rings (SSSR count). The Morgan fingerprint density at radius 3 is 2.84 bits per heavy atom. The summed E-state index contributed by atoms with van der Waals surface area (Å²) in [5, 5.41) is 11.8. The molecular weight excluding hydrogens is 336 g/mol. The number of furan rings is 1. The molecule has 0 fully saturated rings. The first-order chi connectivity index (χ1) is 12.1. The highest BCUT2D eigenvalue weighted by atomic mass is 32.2. The summed E-state index contributed by atoms with van der Waals surface area (Å²) >= 11 is 1.38. The monoisotopic (exact) mass is 356 g/mol. The minimum Gasteiger partial charge on any atom is -0.461 e. The number of carbonyl (C=O) groups excluding carboxylic acids is 1. The highest BCUT2D eigenvalue weighted by molar-refractivity contribution is 8.00. The fourth-order valence-electron chi connectivity index (χ4n) is 2.43. The van der Waals surface area contributed by atoms with Gasteiger partial charge in [0.25, 0.3) is 0 Å². The van der Waals surface area contributed by atoms with Gasteiger partial charge >= 0.3 is 0 Å². The third-order valence-electron chi connectivity index (χ3n) is 3.71. The number of benzene rings is 1. The van der Waals surface area contributed by atoms with E-state index in [4.69, 9.17) is 4.42 Å². The molecule has 0 aliphatic heterocycles. The minimum atomic E-state index is -0.306. The number of hydrogen-bond donors (Lipinski definition) is 1. The zero-order valence-electron chi connectivity index (χ0n) is 14.4. The lowest BCUT2D eigenvalue weighted by atomic mass is 10.2. The summed E-state index contributed by atoms with van der Waals surface area (Å²) < 4.78 is 7.35. The molecule has 7 heteroatoms. The van der Waals surface area contributed by atoms with E-state index in [9.17, 15) is 4.79 Å². The largest absolute Gasteiger partial charge is 0.461 e. The number of nitrogens with zero attached hydrogens (tertiary/aromatic N) is 3. The average Bonchev–Trinajstić information content (AvgIpc) is 3.23. The first-order valence-corrected chi connectivity index (χ1v) is 8.97. The molecule has 2 heterocycles. The smallest absolute Gasteiger partial charge is 0.237 e. The maximum atomic E-state index is 12.5. The van der Waals surface area contributed by atoms with Crippen molar-refractivity contribution in [2.24, 2.45) is 0 Å². The van der Waals surface area contributed by atoms with Crippen LogP contribution in [0.3, 0.4) is 0 Å². The number of anilines is 1. The molecule has 0 bridgehead atoms. The summed E-state index contributed by atoms with van der Waals surface area (Å²) in [4.78, 5) is 12.5. The topological polar surface area (TPSA) is 73.0 Å². The first-order valence-electron chi connectivity index (χ1n) is 8.09. The van der Waals surface area contributed by atoms with E-state index in [1.807, 2.05) is 61.7 Å². The Morgan fingerprint density at radius 2 is 2.16 bits per heavy atom. The predicted molar refractivity (Wildman–Crippen MR) is 98.5 cm³/mol. The Labute approximate surface area is 150 Å². The van der Waals surface area contributed by atoms with Gasteiger partial charge in [0.15, 0.2) is 16.7 Å². The van der Waals surface area contributed by atoms with Crippen molar-refractivity contribution in [3.63, 3.8) is 0 Å². The number of aromatic nitrogens is 3. The molecule has 130 valence electrons. The number of thioether (sulfide) groups is 1. The van der Waals surface area contributed by atoms with E-state index in [1.54, 1.807) is 6.26 Å². The van der Waals surface area contributed by atoms with Gasteiger partial charge in [-0.2, -0.15) is 0 Å². The van der Waals surface area contributed by atoms with Crippen LogP contribution < -0.4 is 5.32 Å². The maximum absolute atomic E-state index is 12.5. The molecule has 1 aromatic carbocycles. The van der Waals surface area contributed by atoms with E-state index in [1.165, 1.54) is 11.8 Å². The van der Waals surface area contributed by atoms with Gasteiger partial charge in [0.1, 0.15) is 0 Å². The summed E-state index contributed by atoms with van der Waals surface area (Å²) in [5.41, 5.74) is 1.90. The second kappa shape index (κ2) is 7.57. The van der Waals surface area contributed by atoms with Crippen molar-refractivity contribution in [3.05, 3.63) is 48.2 Å². The normalized spacial score (nSPS) is 12.1. The van der Waals surface area contributed by atoms with Gasteiger partial charge in [-0.25, -0.2) is 0 Å². The van der Waals surface area contributed by atoms with Gasteiger partial charge in [0, 0.05) is 12.2 Å². The van der Waals surface area contributed by atoms with Crippen molar-refractivity contribution in [2.45, 2.75) is 37.7 Å². The van der Waals surface area contributed by atoms with Gasteiger partial charge in [-0.1, -0.05) is 23.9 Å². The van der Waals surface area contributed by atoms with Crippen LogP contribution in [-0.2, 0) is 11.3 Å². The fraction of sp³-hybridized carbons (Fsp3) is 0.278. The van der Waals surface area contributed by atoms with Crippen molar-refractivity contribution in [1.82, 2.24) is 14.8 Å². The van der Waals surface area contributed by atoms with Crippen LogP contribution in [0.25, 0.3) is 11.6 Å². The van der Waals surface area contributed by atoms with Gasteiger partial charge in [0.05, 0.1) is 11.5 Å². The summed E-state index contributed by atoms with van der Waals surface area (Å²) in [6, 6.07) is 11.4. The SMILES string of the molecule is CCn1c(SC(C)C(=O)Nc2cccc(C)c2)nnc1-c1ccco1. The van der Waals surface area contributed by atoms with Gasteiger partial charge in [-0.15, -0.1) is 10.2 Å². The summed E-state index contributed by atoms with van der Waals surface area (Å²) in [6.45, 7) is 6.56. The van der Waals surface area contributed by atoms with Crippen LogP contribution in [0, 0.1) is 6.92 Å². The van der Waals surface area contributed by atoms with E-state index >= 15 is 0 Å². The second-order valence-electron chi connectivity index (χ2n) is 5.65. The van der Waals surface area contributed by atoms with Gasteiger partial charge in [-0.05, 0) is 50.6 Å². The lowest BCUT2D eigenvalue weighted by Crippen LogP contribution is -2.23. The third-order valence-corrected chi connectivity index (χ3v) is 4.79. The molecule has 6 nitrogen and oxygen atoms in total. The molecule has 2 aromatic heterocycles. The quantitative estimate of drug-likeness (QED) is 0.676. The zero-order valence-corrected chi connectivity index (χ0v) is 15.2. The molecule has 1 N–H and O–H groups in total. The Kier molecular flexibility index (Phi) is 5.23. The van der Waals surface area contributed by atoms with E-state index in [0.29, 0.717) is 23.3 Å². The van der Waals surface area contributed by atoms with Crippen LogP contribution in [0.15, 0.2) is 52.2 Å². The Morgan fingerprint density at radius 1 is 1.32 bits per heavy atom. The minimum absolute atomic E-state index is 0.0687. The van der Waals surface area contributed by atoms with E-state index in [2.05, 4.69) is 15.5 Å². The third kappa shape index (κ3) is 3.93. The first kappa shape index (κ1) is 17.3. The zero-order chi connectivity index (χ0) is 17.8. The predicted octanol–water partition coefficient (Wildman–Crippen LogP) is 3.99. The standard InChI is InChI=1S/C18H20N4O2S/c1-4-22-16(15-9-6-10-24-15)20-21-18(22)25-13(3)17(23)19-14-8-5-7-12(2)11-14/h5-11,13H,4H2,1-3H3,(H,19,23). The van der Waals surface area contributed by atoms with Crippen LogP contribution in [0.2, 0.25) is 0 Å². The lowest BCUT2D eigenvalue weighted by Gasteiger charge is -2.12. The van der Waals surface area contributed by atoms with Crippen molar-refractivity contribution >= 4 is 23.4 Å². The fourth-order valence-corrected chi connectivity index (χ4v) is 3.34. The Balaban J connectivity index is 1.72. The summed E-state index contributed by atoms with van der Waals surface area (Å²) in [5.74, 6) is 1.26. The summed E-state index contributed by atoms with van der Waals surface area (Å²) in [7, 11) is 0. The number of carbonyl (C=O) groups is 1. The average molecular weight is 356 g/mol. The van der Waals surface area contributed by atoms with E-state index in [-0.39, 0.29) is 11.2 Å². The molecule has 0 saturated heterocycles. The van der Waals surface area contributed by atoms with Gasteiger partial charge in [-0.3, -0.25) is 9.36 Å². The summed E-state index contributed by atoms with van der Waals surface area (Å²) in [6.07, 6.45) is 1.61. The van der Waals surface area contributed by atoms with Crippen LogP contribution in [0.4, 0.5) is 5.69 Å². The maximum Gasteiger partial charge on any atom is 0.237 e. The van der Waals surface area contributed by atoms with Crippen LogP contribution >= 0.6 is 11.8 Å². The van der Waals surface area contributed by atoms with Crippen molar-refractivity contribution in [2.75, 3.05) is 5.32 Å². The van der Waals surface area contributed by atoms with Gasteiger partial charge < -0.3 is 9.73 Å². The Hall–Kier alpha value is -2.54. The Bertz CT molecular complexity index is 858. The number of amides is 1. The molecular formula is C18H20N4O2S.